The Kier molecular flexibility index (Phi) is 5.17. The first-order chi connectivity index (χ1) is 11.8. The molecule has 0 nitrogen and oxygen atoms in total. The molecule has 0 atom stereocenters. The van der Waals surface area contributed by atoms with Crippen LogP contribution < -0.4 is 3.27 Å². The molecule has 0 spiro atoms. The summed E-state index contributed by atoms with van der Waals surface area (Å²) in [5.41, 5.74) is 13.8. The van der Waals surface area contributed by atoms with E-state index >= 15 is 0 Å². The van der Waals surface area contributed by atoms with Gasteiger partial charge in [0.25, 0.3) is 0 Å². The van der Waals surface area contributed by atoms with E-state index in [0.717, 1.165) is 0 Å². The maximum absolute atomic E-state index is 2.30. The van der Waals surface area contributed by atoms with Gasteiger partial charge in [0, 0.05) is 0 Å². The predicted molar refractivity (Wildman–Crippen MR) is 111 cm³/mol. The molecule has 126 valence electrons. The normalized spacial score (nSPS) is 11.0. The molecule has 0 fully saturated rings. The molecule has 3 rings (SSSR count). The average Bonchev–Trinajstić information content (AvgIpc) is 2.48. The molecule has 0 amide bonds. The third kappa shape index (κ3) is 3.45. The summed E-state index contributed by atoms with van der Waals surface area (Å²) in [5, 5.41) is 0. The van der Waals surface area contributed by atoms with E-state index in [0.29, 0.717) is 0 Å². The van der Waals surface area contributed by atoms with E-state index in [4.69, 9.17) is 0 Å². The third-order valence-electron chi connectivity index (χ3n) is 4.93. The summed E-state index contributed by atoms with van der Waals surface area (Å²) in [6.45, 7) is 13.3. The number of aryl methyl sites for hydroxylation is 6. The standard InChI is InChI=1S/C24H25.Bi/c1-15-10-17(3)23(18(4)11-15)21-8-7-9-22(14-21)24-19(5)12-16(2)13-20(24)6;/h7-13H,1-6H3;. The summed E-state index contributed by atoms with van der Waals surface area (Å²) in [6, 6.07) is 16.0. The SMILES string of the molecule is Cc1cc(C)c(-c2cccc(-c3c(C)cc(C)cc3C)[c]2[Bi])c(C)c1. The first-order valence-corrected chi connectivity index (χ1v) is 10.5. The van der Waals surface area contributed by atoms with Crippen molar-refractivity contribution in [1.82, 2.24) is 0 Å². The van der Waals surface area contributed by atoms with Crippen LogP contribution in [0.15, 0.2) is 42.5 Å². The van der Waals surface area contributed by atoms with Crippen LogP contribution in [-0.4, -0.2) is 24.7 Å². The third-order valence-corrected chi connectivity index (χ3v) is 6.80. The fourth-order valence-corrected chi connectivity index (χ4v) is 5.61. The van der Waals surface area contributed by atoms with Crippen molar-refractivity contribution in [2.75, 3.05) is 0 Å². The van der Waals surface area contributed by atoms with Gasteiger partial charge in [-0.25, -0.2) is 0 Å². The predicted octanol–water partition coefficient (Wildman–Crippen LogP) is 5.66. The van der Waals surface area contributed by atoms with Gasteiger partial charge in [0.1, 0.15) is 0 Å². The Labute approximate surface area is 167 Å². The second-order valence-corrected chi connectivity index (χ2v) is 8.99. The van der Waals surface area contributed by atoms with Crippen LogP contribution in [0.5, 0.6) is 0 Å². The Hall–Kier alpha value is -1.46. The van der Waals surface area contributed by atoms with Gasteiger partial charge in [0.05, 0.1) is 0 Å². The molecule has 0 unspecified atom stereocenters. The Morgan fingerprint density at radius 1 is 0.560 bits per heavy atom. The zero-order valence-corrected chi connectivity index (χ0v) is 19.5. The molecule has 3 aromatic rings. The molecule has 0 saturated carbocycles. The van der Waals surface area contributed by atoms with Crippen LogP contribution in [0.25, 0.3) is 22.3 Å². The monoisotopic (exact) mass is 522 g/mol. The molecule has 0 aromatic heterocycles. The quantitative estimate of drug-likeness (QED) is 0.381. The van der Waals surface area contributed by atoms with E-state index in [1.165, 1.54) is 83.6 Å². The van der Waals surface area contributed by atoms with Crippen LogP contribution in [0.2, 0.25) is 0 Å². The van der Waals surface area contributed by atoms with Crippen LogP contribution in [0.4, 0.5) is 0 Å². The van der Waals surface area contributed by atoms with Gasteiger partial charge < -0.3 is 0 Å². The van der Waals surface area contributed by atoms with Gasteiger partial charge in [-0.2, -0.15) is 0 Å². The molecule has 0 aliphatic heterocycles. The van der Waals surface area contributed by atoms with Crippen molar-refractivity contribution in [3.8, 4) is 22.3 Å². The molecule has 0 aliphatic rings. The van der Waals surface area contributed by atoms with Crippen molar-refractivity contribution in [3.05, 3.63) is 75.8 Å². The van der Waals surface area contributed by atoms with Crippen molar-refractivity contribution in [3.63, 3.8) is 0 Å². The van der Waals surface area contributed by atoms with E-state index in [9.17, 15) is 0 Å². The molecule has 0 aliphatic carbocycles. The van der Waals surface area contributed by atoms with Gasteiger partial charge in [-0.15, -0.1) is 0 Å². The fourth-order valence-electron chi connectivity index (χ4n) is 4.16. The van der Waals surface area contributed by atoms with Gasteiger partial charge in [0.2, 0.25) is 0 Å². The average molecular weight is 522 g/mol. The second kappa shape index (κ2) is 7.04. The van der Waals surface area contributed by atoms with Crippen LogP contribution >= 0.6 is 0 Å². The summed E-state index contributed by atoms with van der Waals surface area (Å²) < 4.78 is 1.48. The van der Waals surface area contributed by atoms with Crippen molar-refractivity contribution in [2.24, 2.45) is 0 Å². The summed E-state index contributed by atoms with van der Waals surface area (Å²) >= 11 is 1.28. The van der Waals surface area contributed by atoms with Crippen molar-refractivity contribution >= 4 is 28.0 Å². The second-order valence-electron chi connectivity index (χ2n) is 7.25. The topological polar surface area (TPSA) is 0 Å². The van der Waals surface area contributed by atoms with E-state index in [-0.39, 0.29) is 0 Å². The molecule has 3 aromatic carbocycles. The van der Waals surface area contributed by atoms with Crippen LogP contribution in [0.3, 0.4) is 0 Å². The molecule has 2 radical (unpaired) electrons. The van der Waals surface area contributed by atoms with Gasteiger partial charge >= 0.3 is 168 Å². The zero-order valence-electron chi connectivity index (χ0n) is 16.0. The van der Waals surface area contributed by atoms with Crippen molar-refractivity contribution in [2.45, 2.75) is 41.5 Å². The first-order valence-electron chi connectivity index (χ1n) is 8.78. The summed E-state index contributed by atoms with van der Waals surface area (Å²) in [4.78, 5) is 0. The van der Waals surface area contributed by atoms with Crippen molar-refractivity contribution in [1.29, 1.82) is 0 Å². The van der Waals surface area contributed by atoms with E-state index in [1.54, 1.807) is 0 Å². The Morgan fingerprint density at radius 2 is 0.880 bits per heavy atom. The minimum atomic E-state index is 1.28. The van der Waals surface area contributed by atoms with Crippen LogP contribution in [0.1, 0.15) is 33.4 Å². The van der Waals surface area contributed by atoms with E-state index in [2.05, 4.69) is 84.0 Å². The molecular weight excluding hydrogens is 497 g/mol. The number of benzene rings is 3. The summed E-state index contributed by atoms with van der Waals surface area (Å²) in [5.74, 6) is 0. The molecular formula is C24H25Bi. The first kappa shape index (κ1) is 18.3. The van der Waals surface area contributed by atoms with Gasteiger partial charge in [-0.05, 0) is 0 Å². The molecule has 25 heavy (non-hydrogen) atoms. The number of rotatable bonds is 2. The Balaban J connectivity index is 2.28. The summed E-state index contributed by atoms with van der Waals surface area (Å²) in [6.07, 6.45) is 0. The minimum absolute atomic E-state index is 1.28. The molecule has 0 bridgehead atoms. The van der Waals surface area contributed by atoms with Crippen LogP contribution in [0, 0.1) is 41.5 Å². The maximum atomic E-state index is 2.30. The van der Waals surface area contributed by atoms with Gasteiger partial charge in [-0.1, -0.05) is 0 Å². The fraction of sp³-hybridized carbons (Fsp3) is 0.250. The molecule has 1 heteroatoms. The van der Waals surface area contributed by atoms with Gasteiger partial charge in [0.15, 0.2) is 0 Å². The molecule has 0 saturated heterocycles. The van der Waals surface area contributed by atoms with E-state index in [1.807, 2.05) is 0 Å². The van der Waals surface area contributed by atoms with E-state index < -0.39 is 0 Å². The van der Waals surface area contributed by atoms with Gasteiger partial charge in [-0.3, -0.25) is 0 Å². The Morgan fingerprint density at radius 3 is 1.20 bits per heavy atom. The van der Waals surface area contributed by atoms with Crippen molar-refractivity contribution < 1.29 is 0 Å². The summed E-state index contributed by atoms with van der Waals surface area (Å²) in [7, 11) is 0. The number of hydrogen-bond donors (Lipinski definition) is 0. The molecule has 0 heterocycles. The van der Waals surface area contributed by atoms with Crippen LogP contribution in [-0.2, 0) is 0 Å². The molecule has 0 N–H and O–H groups in total. The number of hydrogen-bond acceptors (Lipinski definition) is 0. The Bertz CT molecular complexity index is 842. The zero-order chi connectivity index (χ0) is 18.3.